The summed E-state index contributed by atoms with van der Waals surface area (Å²) < 4.78 is 339. The predicted octanol–water partition coefficient (Wildman–Crippen LogP) is 8.65. The van der Waals surface area contributed by atoms with E-state index in [0.29, 0.717) is 0 Å². The van der Waals surface area contributed by atoms with Gasteiger partial charge in [-0.1, -0.05) is 0 Å². The fourth-order valence-corrected chi connectivity index (χ4v) is 3.18. The summed E-state index contributed by atoms with van der Waals surface area (Å²) in [4.78, 5) is 22.9. The Bertz CT molecular complexity index is 1130. The monoisotopic (exact) mass is 822 g/mol. The van der Waals surface area contributed by atoms with E-state index in [1.165, 1.54) is 10.6 Å². The molecule has 2 N–H and O–H groups in total. The summed E-state index contributed by atoms with van der Waals surface area (Å²) in [7, 11) is 0. The van der Waals surface area contributed by atoms with E-state index in [9.17, 15) is 124 Å². The van der Waals surface area contributed by atoms with Crippen molar-refractivity contribution in [2.24, 2.45) is 0 Å². The molecule has 30 heteroatoms. The maximum Gasteiger partial charge on any atom is 0.460 e. The minimum absolute atomic E-state index is 0.760. The number of halogens is 26. The van der Waals surface area contributed by atoms with Crippen LogP contribution in [0.25, 0.3) is 0 Å². The van der Waals surface area contributed by atoms with Gasteiger partial charge in [0.2, 0.25) is 11.8 Å². The molecule has 0 bridgehead atoms. The van der Waals surface area contributed by atoms with Gasteiger partial charge < -0.3 is 10.6 Å². The topological polar surface area (TPSA) is 58.2 Å². The van der Waals surface area contributed by atoms with Gasteiger partial charge in [0.15, 0.2) is 0 Å². The molecule has 0 aromatic heterocycles. The van der Waals surface area contributed by atoms with Crippen LogP contribution in [0.1, 0.15) is 32.1 Å². The third kappa shape index (κ3) is 8.36. The maximum absolute atomic E-state index is 13.7. The van der Waals surface area contributed by atoms with E-state index < -0.39 is 129 Å². The largest absolute Gasteiger partial charge is 0.460 e. The van der Waals surface area contributed by atoms with E-state index in [1.54, 1.807) is 0 Å². The van der Waals surface area contributed by atoms with Gasteiger partial charge in [-0.15, -0.1) is 0 Å². The first-order valence-corrected chi connectivity index (χ1v) is 12.4. The van der Waals surface area contributed by atoms with Gasteiger partial charge in [-0.05, 0) is 6.42 Å². The zero-order chi connectivity index (χ0) is 41.5. The number of hydrogen-bond acceptors (Lipinski definition) is 2. The molecule has 0 saturated carbocycles. The normalized spacial score (nSPS) is 15.6. The van der Waals surface area contributed by atoms with E-state index in [4.69, 9.17) is 0 Å². The Morgan fingerprint density at radius 1 is 0.333 bits per heavy atom. The second-order valence-corrected chi connectivity index (χ2v) is 10.1. The Hall–Kier alpha value is -2.88. The summed E-state index contributed by atoms with van der Waals surface area (Å²) in [5.41, 5.74) is 0. The first-order chi connectivity index (χ1) is 22.0. The highest BCUT2D eigenvalue weighted by Crippen LogP contribution is 2.62. The molecule has 0 aliphatic rings. The van der Waals surface area contributed by atoms with Gasteiger partial charge in [-0.25, -0.2) is 0 Å². The first-order valence-electron chi connectivity index (χ1n) is 12.4. The van der Waals surface area contributed by atoms with E-state index in [0.717, 1.165) is 0 Å². The van der Waals surface area contributed by atoms with Crippen molar-refractivity contribution < 1.29 is 124 Å². The minimum Gasteiger partial charge on any atom is -0.356 e. The Morgan fingerprint density at radius 3 is 0.765 bits per heavy atom. The third-order valence-electron chi connectivity index (χ3n) is 6.33. The van der Waals surface area contributed by atoms with E-state index in [-0.39, 0.29) is 0 Å². The standard InChI is InChI=1S/C21H16F26N2O2/c22-10(23,12(26,27)14(30,31)16(34,35)18(38,39)20(42,43)44)4-2-8(50)48-6-1-7-49-9(51)3-5-11(24,25)13(28,29)15(32,33)17(36,37)19(40,41)21(45,46)47/h1-7H2,(H,48,50)(H,49,51). The molecular weight excluding hydrogens is 806 g/mol. The van der Waals surface area contributed by atoms with Crippen molar-refractivity contribution in [1.29, 1.82) is 0 Å². The Balaban J connectivity index is 5.21. The zero-order valence-corrected chi connectivity index (χ0v) is 23.6. The van der Waals surface area contributed by atoms with E-state index in [1.807, 2.05) is 0 Å². The van der Waals surface area contributed by atoms with Crippen LogP contribution in [0.3, 0.4) is 0 Å². The molecule has 0 spiro atoms. The first kappa shape index (κ1) is 48.1. The van der Waals surface area contributed by atoms with Crippen LogP contribution in [0.4, 0.5) is 114 Å². The van der Waals surface area contributed by atoms with Crippen molar-refractivity contribution in [3.05, 3.63) is 0 Å². The van der Waals surface area contributed by atoms with Gasteiger partial charge in [0.1, 0.15) is 0 Å². The van der Waals surface area contributed by atoms with Crippen LogP contribution < -0.4 is 10.6 Å². The Labute approximate surface area is 264 Å². The lowest BCUT2D eigenvalue weighted by atomic mass is 9.92. The average molecular weight is 822 g/mol. The average Bonchev–Trinajstić information content (AvgIpc) is 2.92. The molecular formula is C21H16F26N2O2. The summed E-state index contributed by atoms with van der Waals surface area (Å²) in [5.74, 6) is -81.0. The number of carbonyl (C=O) groups is 2. The van der Waals surface area contributed by atoms with Crippen molar-refractivity contribution in [2.75, 3.05) is 13.1 Å². The summed E-state index contributed by atoms with van der Waals surface area (Å²) >= 11 is 0. The van der Waals surface area contributed by atoms with Crippen LogP contribution >= 0.6 is 0 Å². The highest BCUT2D eigenvalue weighted by molar-refractivity contribution is 5.76. The van der Waals surface area contributed by atoms with Crippen LogP contribution in [0.15, 0.2) is 0 Å². The van der Waals surface area contributed by atoms with Crippen molar-refractivity contribution in [2.45, 2.75) is 104 Å². The van der Waals surface area contributed by atoms with Gasteiger partial charge >= 0.3 is 71.6 Å². The molecule has 2 amide bonds. The molecule has 0 saturated heterocycles. The van der Waals surface area contributed by atoms with Crippen LogP contribution in [0, 0.1) is 0 Å². The van der Waals surface area contributed by atoms with Crippen molar-refractivity contribution >= 4 is 11.8 Å². The van der Waals surface area contributed by atoms with Gasteiger partial charge in [0.05, 0.1) is 0 Å². The van der Waals surface area contributed by atoms with Gasteiger partial charge in [-0.3, -0.25) is 9.59 Å². The smallest absolute Gasteiger partial charge is 0.356 e. The summed E-state index contributed by atoms with van der Waals surface area (Å²) in [6.07, 6.45) is -26.1. The van der Waals surface area contributed by atoms with E-state index >= 15 is 0 Å². The molecule has 0 unspecified atom stereocenters. The third-order valence-corrected chi connectivity index (χ3v) is 6.33. The summed E-state index contributed by atoms with van der Waals surface area (Å²) in [5, 5.41) is 2.87. The molecule has 51 heavy (non-hydrogen) atoms. The number of amides is 2. The fourth-order valence-electron chi connectivity index (χ4n) is 3.18. The van der Waals surface area contributed by atoms with Crippen molar-refractivity contribution in [3.8, 4) is 0 Å². The number of nitrogens with one attached hydrogen (secondary N) is 2. The second kappa shape index (κ2) is 14.2. The lowest BCUT2D eigenvalue weighted by Crippen LogP contribution is -2.70. The molecule has 0 aromatic rings. The van der Waals surface area contributed by atoms with E-state index in [2.05, 4.69) is 0 Å². The molecule has 304 valence electrons. The molecule has 0 rings (SSSR count). The molecule has 0 heterocycles. The van der Waals surface area contributed by atoms with Crippen molar-refractivity contribution in [1.82, 2.24) is 10.6 Å². The molecule has 0 radical (unpaired) electrons. The Morgan fingerprint density at radius 2 is 0.549 bits per heavy atom. The predicted molar refractivity (Wildman–Crippen MR) is 111 cm³/mol. The molecule has 0 fully saturated rings. The van der Waals surface area contributed by atoms with Gasteiger partial charge in [-0.2, -0.15) is 114 Å². The van der Waals surface area contributed by atoms with Gasteiger partial charge in [0.25, 0.3) is 0 Å². The number of alkyl halides is 26. The fraction of sp³-hybridized carbons (Fsp3) is 0.905. The second-order valence-electron chi connectivity index (χ2n) is 10.1. The summed E-state index contributed by atoms with van der Waals surface area (Å²) in [6, 6.07) is 0. The molecule has 0 aliphatic heterocycles. The molecule has 0 atom stereocenters. The highest BCUT2D eigenvalue weighted by atomic mass is 19.4. The maximum atomic E-state index is 13.7. The SMILES string of the molecule is O=C(CCC(F)(F)C(F)(F)C(F)(F)C(F)(F)C(F)(F)C(F)(F)F)NCCCNC(=O)CCC(F)(F)C(F)(F)C(F)(F)C(F)(F)C(F)(F)C(F)(F)F. The highest BCUT2D eigenvalue weighted by Gasteiger charge is 2.92. The van der Waals surface area contributed by atoms with Crippen LogP contribution in [-0.2, 0) is 9.59 Å². The number of rotatable bonds is 18. The Kier molecular flexibility index (Phi) is 13.4. The molecule has 4 nitrogen and oxygen atoms in total. The minimum atomic E-state index is -8.19. The van der Waals surface area contributed by atoms with Crippen molar-refractivity contribution in [3.63, 3.8) is 0 Å². The van der Waals surface area contributed by atoms with Crippen LogP contribution in [0.2, 0.25) is 0 Å². The lowest BCUT2D eigenvalue weighted by Gasteiger charge is -2.39. The zero-order valence-electron chi connectivity index (χ0n) is 23.6. The molecule has 0 aliphatic carbocycles. The molecule has 0 aromatic carbocycles. The summed E-state index contributed by atoms with van der Waals surface area (Å²) in [6.45, 7) is -1.92. The van der Waals surface area contributed by atoms with Crippen LogP contribution in [-0.4, -0.2) is 96.5 Å². The quantitative estimate of drug-likeness (QED) is 0.108. The van der Waals surface area contributed by atoms with Gasteiger partial charge in [0, 0.05) is 38.8 Å². The van der Waals surface area contributed by atoms with Crippen LogP contribution in [0.5, 0.6) is 0 Å². The number of carbonyl (C=O) groups excluding carboxylic acids is 2. The lowest BCUT2D eigenvalue weighted by molar-refractivity contribution is -0.440. The number of hydrogen-bond donors (Lipinski definition) is 2.